The molecule has 0 bridgehead atoms. The monoisotopic (exact) mass is 1110 g/mol. The number of amides is 1. The molecule has 8 nitrogen and oxygen atoms in total. The molecule has 0 aromatic rings. The van der Waals surface area contributed by atoms with E-state index in [4.69, 9.17) is 9.05 Å². The maximum atomic E-state index is 13.0. The molecule has 0 aliphatic carbocycles. The van der Waals surface area contributed by atoms with Crippen molar-refractivity contribution in [1.29, 1.82) is 0 Å². The van der Waals surface area contributed by atoms with Crippen LogP contribution < -0.4 is 5.32 Å². The number of unbranched alkanes of at least 4 members (excludes halogenated alkanes) is 32. The summed E-state index contributed by atoms with van der Waals surface area (Å²) < 4.78 is 23.7. The van der Waals surface area contributed by atoms with Crippen LogP contribution in [-0.4, -0.2) is 73.4 Å². The van der Waals surface area contributed by atoms with Crippen LogP contribution in [0, 0.1) is 0 Å². The number of nitrogens with one attached hydrogen (secondary N) is 1. The molecule has 9 heteroatoms. The lowest BCUT2D eigenvalue weighted by molar-refractivity contribution is -0.870. The van der Waals surface area contributed by atoms with E-state index in [1.54, 1.807) is 6.08 Å². The van der Waals surface area contributed by atoms with Gasteiger partial charge >= 0.3 is 7.82 Å². The van der Waals surface area contributed by atoms with Gasteiger partial charge in [0, 0.05) is 6.42 Å². The Morgan fingerprint density at radius 2 is 0.782 bits per heavy atom. The number of hydrogen-bond acceptors (Lipinski definition) is 5. The first kappa shape index (κ1) is 75.4. The zero-order valence-corrected chi connectivity index (χ0v) is 52.5. The Morgan fingerprint density at radius 1 is 0.449 bits per heavy atom. The fourth-order valence-electron chi connectivity index (χ4n) is 9.22. The fourth-order valence-corrected chi connectivity index (χ4v) is 9.96. The summed E-state index contributed by atoms with van der Waals surface area (Å²) >= 11 is 0. The highest BCUT2D eigenvalue weighted by atomic mass is 31.2. The average molecular weight is 1110 g/mol. The number of likely N-dealkylation sites (N-methyl/N-ethyl adjacent to an activating group) is 1. The summed E-state index contributed by atoms with van der Waals surface area (Å²) in [7, 11) is 1.55. The summed E-state index contributed by atoms with van der Waals surface area (Å²) in [6.45, 7) is 4.69. The number of quaternary nitrogens is 1. The number of hydrogen-bond donors (Lipinski definition) is 3. The smallest absolute Gasteiger partial charge is 0.387 e. The predicted octanol–water partition coefficient (Wildman–Crippen LogP) is 20.5. The highest BCUT2D eigenvalue weighted by Gasteiger charge is 2.27. The zero-order chi connectivity index (χ0) is 57.0. The van der Waals surface area contributed by atoms with Gasteiger partial charge in [0.05, 0.1) is 39.9 Å². The van der Waals surface area contributed by atoms with Crippen LogP contribution in [0.5, 0.6) is 0 Å². The Balaban J connectivity index is 4.05. The maximum Gasteiger partial charge on any atom is 0.472 e. The molecular weight excluding hydrogens is 984 g/mol. The van der Waals surface area contributed by atoms with E-state index < -0.39 is 20.0 Å². The summed E-state index contributed by atoms with van der Waals surface area (Å²) in [6, 6.07) is -0.873. The second kappa shape index (κ2) is 59.1. The number of allylic oxidation sites excluding steroid dienone is 15. The standard InChI is InChI=1S/C69H125N2O6P/c1-6-8-10-12-14-16-18-20-22-24-26-27-28-29-30-31-32-33-34-35-36-37-38-39-40-41-42-43-45-47-49-51-53-55-57-59-61-63-69(73)70-67(66-77-78(74,75)76-65-64-71(3,4)5)68(72)62-60-58-56-54-52-50-48-46-44-25-23-21-19-17-15-13-11-9-7-2/h8,10,14,16,20,22,26-27,29-30,44,46,52,54,60,62,67-68,72H,6-7,9,11-13,15,17-19,21,23-25,28,31-43,45,47-51,53,55-59,61,63-66H2,1-5H3,(H-,70,73,74,75)/p+1/b10-8-,16-14-,22-20-,27-26-,30-29-,46-44+,54-52+,62-60+. The number of carbonyl (C=O) groups excluding carboxylic acids is 1. The van der Waals surface area contributed by atoms with Crippen molar-refractivity contribution in [3.63, 3.8) is 0 Å². The minimum atomic E-state index is -4.36. The summed E-state index contributed by atoms with van der Waals surface area (Å²) in [5.41, 5.74) is 0. The van der Waals surface area contributed by atoms with E-state index >= 15 is 0 Å². The molecule has 0 heterocycles. The predicted molar refractivity (Wildman–Crippen MR) is 341 cm³/mol. The van der Waals surface area contributed by atoms with Gasteiger partial charge in [-0.3, -0.25) is 13.8 Å². The molecule has 0 saturated heterocycles. The van der Waals surface area contributed by atoms with Crippen molar-refractivity contribution in [2.24, 2.45) is 0 Å². The number of aliphatic hydroxyl groups is 1. The molecule has 3 unspecified atom stereocenters. The van der Waals surface area contributed by atoms with Crippen molar-refractivity contribution in [1.82, 2.24) is 5.32 Å². The van der Waals surface area contributed by atoms with Crippen molar-refractivity contribution in [3.05, 3.63) is 97.2 Å². The lowest BCUT2D eigenvalue weighted by atomic mass is 10.0. The molecule has 0 saturated carbocycles. The van der Waals surface area contributed by atoms with Crippen LogP contribution >= 0.6 is 7.82 Å². The first-order valence-corrected chi connectivity index (χ1v) is 34.1. The van der Waals surface area contributed by atoms with Crippen LogP contribution in [-0.2, 0) is 18.4 Å². The van der Waals surface area contributed by atoms with Gasteiger partial charge in [0.1, 0.15) is 13.2 Å². The van der Waals surface area contributed by atoms with Crippen LogP contribution in [0.3, 0.4) is 0 Å². The third-order valence-electron chi connectivity index (χ3n) is 14.3. The second-order valence-corrected chi connectivity index (χ2v) is 24.5. The Morgan fingerprint density at radius 3 is 1.18 bits per heavy atom. The molecule has 0 fully saturated rings. The normalized spacial score (nSPS) is 14.4. The molecule has 0 aromatic carbocycles. The van der Waals surface area contributed by atoms with E-state index in [0.29, 0.717) is 17.4 Å². The summed E-state index contributed by atoms with van der Waals surface area (Å²) in [5.74, 6) is -0.189. The van der Waals surface area contributed by atoms with Crippen LogP contribution in [0.1, 0.15) is 284 Å². The van der Waals surface area contributed by atoms with Crippen LogP contribution in [0.2, 0.25) is 0 Å². The second-order valence-electron chi connectivity index (χ2n) is 23.1. The number of nitrogens with zero attached hydrogens (tertiary/aromatic N) is 1. The van der Waals surface area contributed by atoms with E-state index in [1.807, 2.05) is 27.2 Å². The third-order valence-corrected chi connectivity index (χ3v) is 15.2. The zero-order valence-electron chi connectivity index (χ0n) is 51.6. The third kappa shape index (κ3) is 61.0. The van der Waals surface area contributed by atoms with Crippen molar-refractivity contribution in [3.8, 4) is 0 Å². The van der Waals surface area contributed by atoms with Crippen molar-refractivity contribution < 1.29 is 32.9 Å². The number of aliphatic hydroxyl groups excluding tert-OH is 1. The summed E-state index contributed by atoms with van der Waals surface area (Å²) in [6.07, 6.45) is 85.5. The van der Waals surface area contributed by atoms with Crippen molar-refractivity contribution >= 4 is 13.7 Å². The van der Waals surface area contributed by atoms with Crippen LogP contribution in [0.25, 0.3) is 0 Å². The Bertz CT molecular complexity index is 1590. The molecule has 78 heavy (non-hydrogen) atoms. The van der Waals surface area contributed by atoms with E-state index in [1.165, 1.54) is 186 Å². The van der Waals surface area contributed by atoms with Gasteiger partial charge in [0.25, 0.3) is 0 Å². The number of carbonyl (C=O) groups is 1. The van der Waals surface area contributed by atoms with Gasteiger partial charge in [-0.2, -0.15) is 0 Å². The minimum absolute atomic E-state index is 0.0517. The SMILES string of the molecule is CC/C=C\C/C=C\C/C=C\C/C=C\C/C=C\CCCCCCCCCCCCCCCCCCCCCCCC(=O)NC(COP(=O)(O)OCC[N+](C)(C)C)C(O)/C=C/CC/C=C/CC/C=C/CCCCCCCCCCC. The number of phosphoric ester groups is 1. The highest BCUT2D eigenvalue weighted by molar-refractivity contribution is 7.47. The van der Waals surface area contributed by atoms with Crippen LogP contribution in [0.15, 0.2) is 97.2 Å². The Labute approximate surface area is 483 Å². The topological polar surface area (TPSA) is 105 Å². The minimum Gasteiger partial charge on any atom is -0.387 e. The molecule has 0 aliphatic heterocycles. The first-order chi connectivity index (χ1) is 38.0. The lowest BCUT2D eigenvalue weighted by Gasteiger charge is -2.25. The van der Waals surface area contributed by atoms with Crippen molar-refractivity contribution in [2.75, 3.05) is 40.9 Å². The Kier molecular flexibility index (Phi) is 57.1. The molecule has 0 radical (unpaired) electrons. The number of rotatable bonds is 59. The molecule has 0 aliphatic rings. The van der Waals surface area contributed by atoms with E-state index in [9.17, 15) is 19.4 Å². The fraction of sp³-hybridized carbons (Fsp3) is 0.754. The van der Waals surface area contributed by atoms with Crippen molar-refractivity contribution in [2.45, 2.75) is 296 Å². The molecular formula is C69H126N2O6P+. The first-order valence-electron chi connectivity index (χ1n) is 32.6. The van der Waals surface area contributed by atoms with Gasteiger partial charge in [-0.15, -0.1) is 0 Å². The van der Waals surface area contributed by atoms with E-state index in [0.717, 1.165) is 77.0 Å². The van der Waals surface area contributed by atoms with Gasteiger partial charge in [-0.05, 0) is 89.9 Å². The van der Waals surface area contributed by atoms with E-state index in [-0.39, 0.29) is 19.1 Å². The Hall–Kier alpha value is -2.58. The molecule has 0 aromatic heterocycles. The number of phosphoric acid groups is 1. The van der Waals surface area contributed by atoms with Gasteiger partial charge in [0.2, 0.25) is 5.91 Å². The molecule has 0 rings (SSSR count). The summed E-state index contributed by atoms with van der Waals surface area (Å²) in [5, 5.41) is 13.9. The molecule has 3 N–H and O–H groups in total. The molecule has 1 amide bonds. The molecule has 3 atom stereocenters. The van der Waals surface area contributed by atoms with Gasteiger partial charge < -0.3 is 19.8 Å². The molecule has 0 spiro atoms. The summed E-state index contributed by atoms with van der Waals surface area (Å²) in [4.78, 5) is 23.4. The van der Waals surface area contributed by atoms with Gasteiger partial charge in [0.15, 0.2) is 0 Å². The largest absolute Gasteiger partial charge is 0.472 e. The average Bonchev–Trinajstić information content (AvgIpc) is 3.41. The quantitative estimate of drug-likeness (QED) is 0.0243. The van der Waals surface area contributed by atoms with Crippen LogP contribution in [0.4, 0.5) is 0 Å². The molecule has 452 valence electrons. The lowest BCUT2D eigenvalue weighted by Crippen LogP contribution is -2.45. The van der Waals surface area contributed by atoms with E-state index in [2.05, 4.69) is 104 Å². The maximum absolute atomic E-state index is 13.0. The van der Waals surface area contributed by atoms with Gasteiger partial charge in [-0.1, -0.05) is 284 Å². The highest BCUT2D eigenvalue weighted by Crippen LogP contribution is 2.43. The van der Waals surface area contributed by atoms with Gasteiger partial charge in [-0.25, -0.2) is 4.57 Å².